The smallest absolute Gasteiger partial charge is 0.229 e. The van der Waals surface area contributed by atoms with Crippen molar-refractivity contribution >= 4 is 28.3 Å². The lowest BCUT2D eigenvalue weighted by Crippen LogP contribution is -2.02. The van der Waals surface area contributed by atoms with E-state index >= 15 is 0 Å². The Kier molecular flexibility index (Phi) is 5.40. The summed E-state index contributed by atoms with van der Waals surface area (Å²) in [5, 5.41) is 5.26. The number of pyridine rings is 1. The van der Waals surface area contributed by atoms with Crippen LogP contribution in [0.4, 0.5) is 0 Å². The molecule has 3 aromatic rings. The van der Waals surface area contributed by atoms with Gasteiger partial charge < -0.3 is 4.74 Å². The molecule has 0 aliphatic heterocycles. The third-order valence-electron chi connectivity index (χ3n) is 3.46. The topological polar surface area (TPSA) is 65.7 Å². The van der Waals surface area contributed by atoms with E-state index in [9.17, 15) is 0 Å². The van der Waals surface area contributed by atoms with Gasteiger partial charge in [0.25, 0.3) is 0 Å². The Hall–Kier alpha value is -2.73. The molecule has 0 bridgehead atoms. The van der Waals surface area contributed by atoms with Crippen molar-refractivity contribution in [2.75, 3.05) is 0 Å². The van der Waals surface area contributed by atoms with Crippen molar-refractivity contribution in [3.8, 4) is 5.88 Å². The van der Waals surface area contributed by atoms with E-state index in [0.717, 1.165) is 17.7 Å². The van der Waals surface area contributed by atoms with Crippen LogP contribution in [-0.2, 0) is 6.61 Å². The molecule has 0 unspecified atom stereocenters. The molecule has 0 saturated carbocycles. The Morgan fingerprint density at radius 3 is 2.92 bits per heavy atom. The molecule has 0 N–H and O–H groups in total. The third kappa shape index (κ3) is 3.85. The Morgan fingerprint density at radius 1 is 1.32 bits per heavy atom. The minimum absolute atomic E-state index is 0.117. The van der Waals surface area contributed by atoms with Gasteiger partial charge in [-0.15, -0.1) is 0 Å². The molecule has 0 radical (unpaired) electrons. The highest BCUT2D eigenvalue weighted by Gasteiger charge is 2.15. The Bertz CT molecular complexity index is 918. The number of hydrogen-bond acceptors (Lipinski definition) is 5. The van der Waals surface area contributed by atoms with Gasteiger partial charge in [0.1, 0.15) is 12.0 Å². The second-order valence-corrected chi connectivity index (χ2v) is 5.62. The van der Waals surface area contributed by atoms with Gasteiger partial charge >= 0.3 is 0 Å². The maximum absolute atomic E-state index is 6.10. The average Bonchev–Trinajstić information content (AvgIpc) is 3.04. The molecule has 6 nitrogen and oxygen atoms in total. The number of ether oxygens (including phenoxy) is 1. The second-order valence-electron chi connectivity index (χ2n) is 5.28. The van der Waals surface area contributed by atoms with Crippen molar-refractivity contribution in [2.24, 2.45) is 0 Å². The van der Waals surface area contributed by atoms with Crippen LogP contribution in [0.3, 0.4) is 0 Å². The van der Waals surface area contributed by atoms with Crippen LogP contribution in [0, 0.1) is 0 Å². The molecule has 0 fully saturated rings. The lowest BCUT2D eigenvalue weighted by Gasteiger charge is -2.08. The zero-order chi connectivity index (χ0) is 17.6. The van der Waals surface area contributed by atoms with E-state index < -0.39 is 0 Å². The van der Waals surface area contributed by atoms with Gasteiger partial charge in [-0.25, -0.2) is 4.68 Å². The van der Waals surface area contributed by atoms with Gasteiger partial charge in [0.05, 0.1) is 11.9 Å². The monoisotopic (exact) mass is 355 g/mol. The molecule has 0 atom stereocenters. The molecule has 0 aliphatic rings. The largest absolute Gasteiger partial charge is 0.472 e. The summed E-state index contributed by atoms with van der Waals surface area (Å²) in [6, 6.07) is 3.79. The summed E-state index contributed by atoms with van der Waals surface area (Å²) in [4.78, 5) is 12.6. The summed E-state index contributed by atoms with van der Waals surface area (Å²) in [7, 11) is 0. The van der Waals surface area contributed by atoms with E-state index in [4.69, 9.17) is 16.3 Å². The molecule has 0 aliphatic carbocycles. The van der Waals surface area contributed by atoms with E-state index in [2.05, 4.69) is 33.1 Å². The SMILES string of the molecule is C/C=C\C(=C/CC)n1ncc2c(OCc3cccnc3)nc(Cl)nc21. The normalized spacial score (nSPS) is 12.2. The number of aromatic nitrogens is 5. The molecule has 0 aromatic carbocycles. The number of nitrogens with zero attached hydrogens (tertiary/aromatic N) is 5. The van der Waals surface area contributed by atoms with Gasteiger partial charge in [0.2, 0.25) is 11.2 Å². The average molecular weight is 356 g/mol. The van der Waals surface area contributed by atoms with E-state index in [-0.39, 0.29) is 5.28 Å². The van der Waals surface area contributed by atoms with Gasteiger partial charge in [0, 0.05) is 18.0 Å². The number of halogens is 1. The molecule has 3 rings (SSSR count). The van der Waals surface area contributed by atoms with Crippen molar-refractivity contribution in [3.63, 3.8) is 0 Å². The highest BCUT2D eigenvalue weighted by Crippen LogP contribution is 2.26. The maximum Gasteiger partial charge on any atom is 0.229 e. The van der Waals surface area contributed by atoms with E-state index in [1.807, 2.05) is 31.2 Å². The maximum atomic E-state index is 6.10. The predicted molar refractivity (Wildman–Crippen MR) is 98.3 cm³/mol. The Morgan fingerprint density at radius 2 is 2.20 bits per heavy atom. The molecule has 25 heavy (non-hydrogen) atoms. The number of rotatable bonds is 6. The molecule has 3 aromatic heterocycles. The predicted octanol–water partition coefficient (Wildman–Crippen LogP) is 4.28. The van der Waals surface area contributed by atoms with Crippen LogP contribution in [0.15, 0.2) is 49.0 Å². The zero-order valence-corrected chi connectivity index (χ0v) is 14.8. The summed E-state index contributed by atoms with van der Waals surface area (Å²) in [5.41, 5.74) is 2.48. The first-order chi connectivity index (χ1) is 12.2. The van der Waals surface area contributed by atoms with Crippen LogP contribution in [-0.4, -0.2) is 24.7 Å². The van der Waals surface area contributed by atoms with E-state index in [0.29, 0.717) is 23.5 Å². The Balaban J connectivity index is 1.99. The number of allylic oxidation sites excluding steroid dienone is 4. The zero-order valence-electron chi connectivity index (χ0n) is 14.1. The van der Waals surface area contributed by atoms with Gasteiger partial charge in [-0.2, -0.15) is 15.1 Å². The first-order valence-electron chi connectivity index (χ1n) is 7.99. The Labute approximate surface area is 150 Å². The highest BCUT2D eigenvalue weighted by atomic mass is 35.5. The van der Waals surface area contributed by atoms with Gasteiger partial charge in [-0.05, 0) is 37.1 Å². The fraction of sp³-hybridized carbons (Fsp3) is 0.222. The molecular weight excluding hydrogens is 338 g/mol. The van der Waals surface area contributed by atoms with Crippen LogP contribution < -0.4 is 4.74 Å². The fourth-order valence-corrected chi connectivity index (χ4v) is 2.55. The summed E-state index contributed by atoms with van der Waals surface area (Å²) >= 11 is 6.10. The van der Waals surface area contributed by atoms with Gasteiger partial charge in [-0.3, -0.25) is 4.98 Å². The van der Waals surface area contributed by atoms with Crippen LogP contribution in [0.25, 0.3) is 16.7 Å². The summed E-state index contributed by atoms with van der Waals surface area (Å²) in [6.45, 7) is 4.37. The van der Waals surface area contributed by atoms with E-state index in [1.165, 1.54) is 0 Å². The van der Waals surface area contributed by atoms with Crippen molar-refractivity contribution in [1.82, 2.24) is 24.7 Å². The van der Waals surface area contributed by atoms with Crippen molar-refractivity contribution in [3.05, 3.63) is 59.8 Å². The minimum Gasteiger partial charge on any atom is -0.472 e. The lowest BCUT2D eigenvalue weighted by atomic mass is 10.3. The van der Waals surface area contributed by atoms with Crippen molar-refractivity contribution < 1.29 is 4.74 Å². The summed E-state index contributed by atoms with van der Waals surface area (Å²) in [5.74, 6) is 0.404. The lowest BCUT2D eigenvalue weighted by molar-refractivity contribution is 0.297. The quantitative estimate of drug-likeness (QED) is 0.487. The van der Waals surface area contributed by atoms with Gasteiger partial charge in [-0.1, -0.05) is 25.1 Å². The molecule has 0 saturated heterocycles. The molecule has 0 amide bonds. The molecule has 0 spiro atoms. The van der Waals surface area contributed by atoms with Crippen LogP contribution in [0.2, 0.25) is 5.28 Å². The second kappa shape index (κ2) is 7.90. The molecular formula is C18H18ClN5O. The van der Waals surface area contributed by atoms with Crippen LogP contribution in [0.5, 0.6) is 5.88 Å². The van der Waals surface area contributed by atoms with Crippen molar-refractivity contribution in [1.29, 1.82) is 0 Å². The number of fused-ring (bicyclic) bond motifs is 1. The third-order valence-corrected chi connectivity index (χ3v) is 3.63. The summed E-state index contributed by atoms with van der Waals surface area (Å²) in [6.07, 6.45) is 12.0. The standard InChI is InChI=1S/C18H18ClN5O/c1-3-6-14(7-4-2)24-16-15(11-21-24)17(23-18(19)22-16)25-12-13-8-5-9-20-10-13/h3,5-11H,4,12H2,1-2H3/b6-3-,14-7+. The number of hydrogen-bond donors (Lipinski definition) is 0. The highest BCUT2D eigenvalue weighted by molar-refractivity contribution is 6.28. The van der Waals surface area contributed by atoms with Crippen LogP contribution >= 0.6 is 11.6 Å². The molecule has 3 heterocycles. The first-order valence-corrected chi connectivity index (χ1v) is 8.37. The summed E-state index contributed by atoms with van der Waals surface area (Å²) < 4.78 is 7.57. The van der Waals surface area contributed by atoms with Crippen LogP contribution in [0.1, 0.15) is 25.8 Å². The first kappa shape index (κ1) is 17.1. The fourth-order valence-electron chi connectivity index (χ4n) is 2.40. The van der Waals surface area contributed by atoms with Crippen molar-refractivity contribution in [2.45, 2.75) is 26.9 Å². The van der Waals surface area contributed by atoms with Gasteiger partial charge in [0.15, 0.2) is 5.65 Å². The molecule has 128 valence electrons. The minimum atomic E-state index is 0.117. The van der Waals surface area contributed by atoms with E-state index in [1.54, 1.807) is 23.3 Å². The molecule has 7 heteroatoms.